The zero-order valence-corrected chi connectivity index (χ0v) is 16.7. The van der Waals surface area contributed by atoms with E-state index < -0.39 is 20.9 Å². The number of nitrogens with one attached hydrogen (secondary N) is 2. The van der Waals surface area contributed by atoms with Crippen LogP contribution in [-0.4, -0.2) is 43.7 Å². The molecule has 0 spiro atoms. The lowest BCUT2D eigenvalue weighted by atomic mass is 10.1. The van der Waals surface area contributed by atoms with Crippen LogP contribution in [0, 0.1) is 10.1 Å². The van der Waals surface area contributed by atoms with Crippen molar-refractivity contribution in [2.45, 2.75) is 24.2 Å². The van der Waals surface area contributed by atoms with Crippen LogP contribution in [0.15, 0.2) is 47.4 Å². The molecule has 0 saturated carbocycles. The average molecular weight is 418 g/mol. The van der Waals surface area contributed by atoms with E-state index in [1.165, 1.54) is 34.6 Å². The van der Waals surface area contributed by atoms with Gasteiger partial charge in [-0.05, 0) is 37.1 Å². The van der Waals surface area contributed by atoms with Gasteiger partial charge in [-0.25, -0.2) is 8.42 Å². The van der Waals surface area contributed by atoms with Gasteiger partial charge in [-0.1, -0.05) is 12.5 Å². The quantitative estimate of drug-likeness (QED) is 0.549. The molecule has 2 aromatic rings. The normalized spacial score (nSPS) is 14.9. The average Bonchev–Trinajstić information content (AvgIpc) is 2.74. The number of nitrogens with zero attached hydrogens (tertiary/aromatic N) is 2. The summed E-state index contributed by atoms with van der Waals surface area (Å²) in [5.41, 5.74) is 0.591. The number of nitro benzene ring substituents is 1. The first-order chi connectivity index (χ1) is 13.8. The number of benzene rings is 2. The van der Waals surface area contributed by atoms with Crippen molar-refractivity contribution in [2.75, 3.05) is 30.8 Å². The van der Waals surface area contributed by atoms with Gasteiger partial charge >= 0.3 is 0 Å². The van der Waals surface area contributed by atoms with Crippen LogP contribution < -0.4 is 10.6 Å². The Morgan fingerprint density at radius 2 is 1.83 bits per heavy atom. The number of hydrogen-bond acceptors (Lipinski definition) is 6. The lowest BCUT2D eigenvalue weighted by molar-refractivity contribution is -0.384. The molecule has 1 aliphatic rings. The van der Waals surface area contributed by atoms with E-state index in [0.29, 0.717) is 24.5 Å². The molecule has 1 fully saturated rings. The molecule has 1 amide bonds. The number of amides is 1. The van der Waals surface area contributed by atoms with Gasteiger partial charge in [0.05, 0.1) is 15.4 Å². The van der Waals surface area contributed by atoms with Gasteiger partial charge in [0, 0.05) is 43.6 Å². The summed E-state index contributed by atoms with van der Waals surface area (Å²) in [6.45, 7) is 0.969. The monoisotopic (exact) mass is 418 g/mol. The summed E-state index contributed by atoms with van der Waals surface area (Å²) < 4.78 is 27.1. The van der Waals surface area contributed by atoms with Crippen LogP contribution in [0.2, 0.25) is 0 Å². The van der Waals surface area contributed by atoms with E-state index in [2.05, 4.69) is 10.6 Å². The lowest BCUT2D eigenvalue weighted by Crippen LogP contribution is -2.35. The molecule has 1 saturated heterocycles. The predicted molar refractivity (Wildman–Crippen MR) is 110 cm³/mol. The van der Waals surface area contributed by atoms with E-state index >= 15 is 0 Å². The number of carbonyl (C=O) groups is 1. The Hall–Kier alpha value is -2.98. The molecule has 1 heterocycles. The van der Waals surface area contributed by atoms with Crippen LogP contribution in [-0.2, 0) is 10.0 Å². The Morgan fingerprint density at radius 3 is 2.48 bits per heavy atom. The van der Waals surface area contributed by atoms with Crippen molar-refractivity contribution in [2.24, 2.45) is 0 Å². The van der Waals surface area contributed by atoms with E-state index in [9.17, 15) is 23.3 Å². The molecule has 0 atom stereocenters. The van der Waals surface area contributed by atoms with Gasteiger partial charge in [-0.2, -0.15) is 4.31 Å². The molecule has 29 heavy (non-hydrogen) atoms. The molecule has 154 valence electrons. The number of nitro groups is 1. The smallest absolute Gasteiger partial charge is 0.270 e. The molecule has 0 aliphatic carbocycles. The first-order valence-electron chi connectivity index (χ1n) is 9.20. The zero-order valence-electron chi connectivity index (χ0n) is 15.9. The summed E-state index contributed by atoms with van der Waals surface area (Å²) in [5.74, 6) is -0.578. The molecule has 9 nitrogen and oxygen atoms in total. The van der Waals surface area contributed by atoms with Crippen LogP contribution in [0.1, 0.15) is 29.6 Å². The van der Waals surface area contributed by atoms with Crippen molar-refractivity contribution in [1.29, 1.82) is 0 Å². The first-order valence-corrected chi connectivity index (χ1v) is 10.6. The minimum Gasteiger partial charge on any atom is -0.387 e. The van der Waals surface area contributed by atoms with Gasteiger partial charge < -0.3 is 10.6 Å². The van der Waals surface area contributed by atoms with E-state index in [4.69, 9.17) is 0 Å². The maximum absolute atomic E-state index is 12.8. The summed E-state index contributed by atoms with van der Waals surface area (Å²) in [5, 5.41) is 16.5. The van der Waals surface area contributed by atoms with Gasteiger partial charge in [-0.15, -0.1) is 0 Å². The third-order valence-electron chi connectivity index (χ3n) is 4.77. The van der Waals surface area contributed by atoms with Crippen LogP contribution in [0.5, 0.6) is 0 Å². The minimum atomic E-state index is -3.64. The second-order valence-corrected chi connectivity index (χ2v) is 8.62. The van der Waals surface area contributed by atoms with Gasteiger partial charge in [0.15, 0.2) is 0 Å². The summed E-state index contributed by atoms with van der Waals surface area (Å²) in [4.78, 5) is 23.2. The van der Waals surface area contributed by atoms with Crippen molar-refractivity contribution in [3.8, 4) is 0 Å². The van der Waals surface area contributed by atoms with Crippen LogP contribution >= 0.6 is 0 Å². The van der Waals surface area contributed by atoms with E-state index in [0.717, 1.165) is 19.3 Å². The molecule has 0 unspecified atom stereocenters. The number of rotatable bonds is 6. The number of sulfonamides is 1. The van der Waals surface area contributed by atoms with Gasteiger partial charge in [0.2, 0.25) is 10.0 Å². The molecule has 1 aliphatic heterocycles. The topological polar surface area (TPSA) is 122 Å². The van der Waals surface area contributed by atoms with E-state index in [1.54, 1.807) is 19.2 Å². The third-order valence-corrected chi connectivity index (χ3v) is 6.67. The number of non-ortho nitro benzene ring substituents is 1. The van der Waals surface area contributed by atoms with Gasteiger partial charge in [0.1, 0.15) is 0 Å². The lowest BCUT2D eigenvalue weighted by Gasteiger charge is -2.26. The first kappa shape index (κ1) is 20.7. The maximum Gasteiger partial charge on any atom is 0.270 e. The number of piperidine rings is 1. The van der Waals surface area contributed by atoms with Crippen LogP contribution in [0.25, 0.3) is 0 Å². The molecule has 3 rings (SSSR count). The fourth-order valence-corrected chi connectivity index (χ4v) is 4.80. The van der Waals surface area contributed by atoms with Gasteiger partial charge in [-0.3, -0.25) is 14.9 Å². The fraction of sp³-hybridized carbons (Fsp3) is 0.316. The van der Waals surface area contributed by atoms with Crippen molar-refractivity contribution in [1.82, 2.24) is 4.31 Å². The molecule has 0 aromatic heterocycles. The van der Waals surface area contributed by atoms with Crippen molar-refractivity contribution < 1.29 is 18.1 Å². The Kier molecular flexibility index (Phi) is 6.14. The molecule has 0 radical (unpaired) electrons. The molecular formula is C19H22N4O5S. The Bertz CT molecular complexity index is 1030. The summed E-state index contributed by atoms with van der Waals surface area (Å²) >= 11 is 0. The highest BCUT2D eigenvalue weighted by molar-refractivity contribution is 7.89. The SMILES string of the molecule is CNc1ccc([N+](=O)[O-])cc1C(=O)Nc1cccc(S(=O)(=O)N2CCCCC2)c1. The standard InChI is InChI=1S/C19H22N4O5S/c1-20-18-9-8-15(23(25)26)13-17(18)19(24)21-14-6-5-7-16(12-14)29(27,28)22-10-3-2-4-11-22/h5-9,12-13,20H,2-4,10-11H2,1H3,(H,21,24). The number of carbonyl (C=O) groups excluding carboxylic acids is 1. The molecular weight excluding hydrogens is 396 g/mol. The predicted octanol–water partition coefficient (Wildman–Crippen LogP) is 3.06. The van der Waals surface area contributed by atoms with Crippen molar-refractivity contribution >= 4 is 33.0 Å². The maximum atomic E-state index is 12.8. The highest BCUT2D eigenvalue weighted by atomic mass is 32.2. The molecule has 2 N–H and O–H groups in total. The minimum absolute atomic E-state index is 0.0889. The molecule has 10 heteroatoms. The molecule has 0 bridgehead atoms. The van der Waals surface area contributed by atoms with Gasteiger partial charge in [0.25, 0.3) is 11.6 Å². The Morgan fingerprint density at radius 1 is 1.10 bits per heavy atom. The number of hydrogen-bond donors (Lipinski definition) is 2. The second kappa shape index (κ2) is 8.58. The van der Waals surface area contributed by atoms with E-state index in [1.807, 2.05) is 0 Å². The summed E-state index contributed by atoms with van der Waals surface area (Å²) in [6.07, 6.45) is 2.67. The molecule has 2 aromatic carbocycles. The largest absolute Gasteiger partial charge is 0.387 e. The van der Waals surface area contributed by atoms with Crippen LogP contribution in [0.4, 0.5) is 17.1 Å². The summed E-state index contributed by atoms with van der Waals surface area (Å²) in [7, 11) is -2.03. The second-order valence-electron chi connectivity index (χ2n) is 6.68. The van der Waals surface area contributed by atoms with E-state index in [-0.39, 0.29) is 16.1 Å². The van der Waals surface area contributed by atoms with Crippen LogP contribution in [0.3, 0.4) is 0 Å². The fourth-order valence-electron chi connectivity index (χ4n) is 3.24. The zero-order chi connectivity index (χ0) is 21.0. The third kappa shape index (κ3) is 4.54. The summed E-state index contributed by atoms with van der Waals surface area (Å²) in [6, 6.07) is 9.95. The van der Waals surface area contributed by atoms with Crippen molar-refractivity contribution in [3.05, 3.63) is 58.1 Å². The Balaban J connectivity index is 1.86. The Labute approximate surface area is 168 Å². The highest BCUT2D eigenvalue weighted by Crippen LogP contribution is 2.25. The highest BCUT2D eigenvalue weighted by Gasteiger charge is 2.26. The van der Waals surface area contributed by atoms with Crippen molar-refractivity contribution in [3.63, 3.8) is 0 Å². The number of anilines is 2.